The predicted molar refractivity (Wildman–Crippen MR) is 57.9 cm³/mol. The summed E-state index contributed by atoms with van der Waals surface area (Å²) in [4.78, 5) is 7.63. The van der Waals surface area contributed by atoms with E-state index in [2.05, 4.69) is 20.6 Å². The molecule has 0 aromatic carbocycles. The molecule has 0 aliphatic heterocycles. The highest BCUT2D eigenvalue weighted by Crippen LogP contribution is 2.37. The number of fused-ring (bicyclic) bond motifs is 1. The standard InChI is InChI=1S/C10H11N3S/c1-6-4-8-9(11-5-6)13(7-2-3-7)10(14)12-8/h4-5,7H,2-3H2,1H3,(H,12,14). The molecule has 3 nitrogen and oxygen atoms in total. The van der Waals surface area contributed by atoms with Crippen LogP contribution in [0.25, 0.3) is 11.2 Å². The Balaban J connectivity index is 2.37. The molecule has 72 valence electrons. The van der Waals surface area contributed by atoms with Crippen LogP contribution in [0.5, 0.6) is 0 Å². The first-order valence-electron chi connectivity index (χ1n) is 4.82. The Bertz CT molecular complexity index is 548. The van der Waals surface area contributed by atoms with Crippen LogP contribution in [0.15, 0.2) is 12.3 Å². The van der Waals surface area contributed by atoms with Crippen LogP contribution in [-0.4, -0.2) is 14.5 Å². The fraction of sp³-hybridized carbons (Fsp3) is 0.400. The number of H-pyrrole nitrogens is 1. The van der Waals surface area contributed by atoms with Gasteiger partial charge in [-0.05, 0) is 43.6 Å². The van der Waals surface area contributed by atoms with Crippen molar-refractivity contribution in [3.63, 3.8) is 0 Å². The third kappa shape index (κ3) is 1.10. The van der Waals surface area contributed by atoms with E-state index in [1.807, 2.05) is 13.1 Å². The van der Waals surface area contributed by atoms with Gasteiger partial charge in [0.25, 0.3) is 0 Å². The molecule has 1 fully saturated rings. The molecule has 0 saturated heterocycles. The number of hydrogen-bond donors (Lipinski definition) is 1. The number of imidazole rings is 1. The summed E-state index contributed by atoms with van der Waals surface area (Å²) in [6, 6.07) is 2.68. The van der Waals surface area contributed by atoms with Gasteiger partial charge in [0.15, 0.2) is 10.4 Å². The molecule has 1 aliphatic rings. The molecule has 0 unspecified atom stereocenters. The highest BCUT2D eigenvalue weighted by Gasteiger charge is 2.26. The largest absolute Gasteiger partial charge is 0.329 e. The molecular weight excluding hydrogens is 194 g/mol. The van der Waals surface area contributed by atoms with E-state index < -0.39 is 0 Å². The SMILES string of the molecule is Cc1cnc2c(c1)[nH]c(=S)n2C1CC1. The van der Waals surface area contributed by atoms with Gasteiger partial charge in [0, 0.05) is 12.2 Å². The third-order valence-electron chi connectivity index (χ3n) is 2.60. The summed E-state index contributed by atoms with van der Waals surface area (Å²) in [6.07, 6.45) is 4.36. The number of hydrogen-bond acceptors (Lipinski definition) is 2. The molecule has 1 aliphatic carbocycles. The van der Waals surface area contributed by atoms with Gasteiger partial charge in [0.1, 0.15) is 0 Å². The highest BCUT2D eigenvalue weighted by atomic mass is 32.1. The Kier molecular flexibility index (Phi) is 1.56. The Labute approximate surface area is 86.8 Å². The molecule has 2 aromatic heterocycles. The van der Waals surface area contributed by atoms with Crippen LogP contribution < -0.4 is 0 Å². The zero-order valence-electron chi connectivity index (χ0n) is 7.95. The van der Waals surface area contributed by atoms with Crippen molar-refractivity contribution in [2.75, 3.05) is 0 Å². The van der Waals surface area contributed by atoms with Gasteiger partial charge < -0.3 is 4.98 Å². The molecule has 4 heteroatoms. The lowest BCUT2D eigenvalue weighted by atomic mass is 10.3. The van der Waals surface area contributed by atoms with Gasteiger partial charge in [-0.25, -0.2) is 4.98 Å². The number of aromatic amines is 1. The second kappa shape index (κ2) is 2.67. The van der Waals surface area contributed by atoms with E-state index in [0.717, 1.165) is 21.5 Å². The summed E-state index contributed by atoms with van der Waals surface area (Å²) < 4.78 is 2.95. The number of nitrogens with one attached hydrogen (secondary N) is 1. The normalized spacial score (nSPS) is 16.4. The number of nitrogens with zero attached hydrogens (tertiary/aromatic N) is 2. The summed E-state index contributed by atoms with van der Waals surface area (Å²) in [6.45, 7) is 2.04. The topological polar surface area (TPSA) is 33.6 Å². The smallest absolute Gasteiger partial charge is 0.179 e. The molecule has 0 radical (unpaired) electrons. The molecule has 0 amide bonds. The van der Waals surface area contributed by atoms with Crippen molar-refractivity contribution in [2.45, 2.75) is 25.8 Å². The van der Waals surface area contributed by atoms with Crippen LogP contribution >= 0.6 is 12.2 Å². The van der Waals surface area contributed by atoms with Crippen molar-refractivity contribution in [2.24, 2.45) is 0 Å². The van der Waals surface area contributed by atoms with Crippen LogP contribution in [0.2, 0.25) is 0 Å². The van der Waals surface area contributed by atoms with E-state index in [1.165, 1.54) is 12.8 Å². The Morgan fingerprint density at radius 2 is 2.36 bits per heavy atom. The van der Waals surface area contributed by atoms with E-state index in [1.54, 1.807) is 0 Å². The van der Waals surface area contributed by atoms with Gasteiger partial charge in [0.2, 0.25) is 0 Å². The molecule has 2 aromatic rings. The maximum atomic E-state index is 5.28. The summed E-state index contributed by atoms with van der Waals surface area (Å²) in [7, 11) is 0. The van der Waals surface area contributed by atoms with Crippen molar-refractivity contribution >= 4 is 23.4 Å². The van der Waals surface area contributed by atoms with Crippen molar-refractivity contribution in [3.8, 4) is 0 Å². The highest BCUT2D eigenvalue weighted by molar-refractivity contribution is 7.71. The second-order valence-electron chi connectivity index (χ2n) is 3.92. The maximum absolute atomic E-state index is 5.28. The summed E-state index contributed by atoms with van der Waals surface area (Å²) in [5.41, 5.74) is 3.22. The Morgan fingerprint density at radius 3 is 3.07 bits per heavy atom. The van der Waals surface area contributed by atoms with Gasteiger partial charge in [0.05, 0.1) is 5.52 Å². The van der Waals surface area contributed by atoms with E-state index in [0.29, 0.717) is 6.04 Å². The molecule has 1 saturated carbocycles. The first kappa shape index (κ1) is 8.17. The first-order valence-corrected chi connectivity index (χ1v) is 5.23. The van der Waals surface area contributed by atoms with Crippen LogP contribution in [-0.2, 0) is 0 Å². The Hall–Kier alpha value is -1.16. The Morgan fingerprint density at radius 1 is 1.57 bits per heavy atom. The predicted octanol–water partition coefficient (Wildman–Crippen LogP) is 2.74. The van der Waals surface area contributed by atoms with Crippen LogP contribution in [0, 0.1) is 11.7 Å². The number of aromatic nitrogens is 3. The lowest BCUT2D eigenvalue weighted by Gasteiger charge is -1.99. The molecule has 1 N–H and O–H groups in total. The van der Waals surface area contributed by atoms with E-state index in [-0.39, 0.29) is 0 Å². The van der Waals surface area contributed by atoms with Crippen molar-refractivity contribution in [1.82, 2.24) is 14.5 Å². The second-order valence-corrected chi connectivity index (χ2v) is 4.30. The third-order valence-corrected chi connectivity index (χ3v) is 2.90. The van der Waals surface area contributed by atoms with Gasteiger partial charge in [-0.2, -0.15) is 0 Å². The molecule has 2 heterocycles. The van der Waals surface area contributed by atoms with E-state index >= 15 is 0 Å². The van der Waals surface area contributed by atoms with Gasteiger partial charge in [-0.3, -0.25) is 4.57 Å². The van der Waals surface area contributed by atoms with Gasteiger partial charge in [-0.15, -0.1) is 0 Å². The number of aryl methyl sites for hydroxylation is 1. The minimum atomic E-state index is 0.589. The summed E-state index contributed by atoms with van der Waals surface area (Å²) in [5.74, 6) is 0. The fourth-order valence-electron chi connectivity index (χ4n) is 1.79. The molecule has 0 atom stereocenters. The molecule has 14 heavy (non-hydrogen) atoms. The van der Waals surface area contributed by atoms with Crippen molar-refractivity contribution < 1.29 is 0 Å². The van der Waals surface area contributed by atoms with Crippen molar-refractivity contribution in [1.29, 1.82) is 0 Å². The number of rotatable bonds is 1. The van der Waals surface area contributed by atoms with Gasteiger partial charge >= 0.3 is 0 Å². The molecular formula is C10H11N3S. The molecule has 3 rings (SSSR count). The van der Waals surface area contributed by atoms with Crippen molar-refractivity contribution in [3.05, 3.63) is 22.6 Å². The van der Waals surface area contributed by atoms with E-state index in [4.69, 9.17) is 12.2 Å². The average Bonchev–Trinajstić information content (AvgIpc) is 2.89. The zero-order valence-corrected chi connectivity index (χ0v) is 8.77. The monoisotopic (exact) mass is 205 g/mol. The lowest BCUT2D eigenvalue weighted by Crippen LogP contribution is -1.94. The quantitative estimate of drug-likeness (QED) is 0.726. The maximum Gasteiger partial charge on any atom is 0.179 e. The minimum Gasteiger partial charge on any atom is -0.329 e. The summed E-state index contributed by atoms with van der Waals surface area (Å²) >= 11 is 5.28. The zero-order chi connectivity index (χ0) is 9.71. The first-order chi connectivity index (χ1) is 6.75. The molecule has 0 spiro atoms. The fourth-order valence-corrected chi connectivity index (χ4v) is 2.13. The molecule has 0 bridgehead atoms. The van der Waals surface area contributed by atoms with Crippen LogP contribution in [0.3, 0.4) is 0 Å². The van der Waals surface area contributed by atoms with Crippen LogP contribution in [0.4, 0.5) is 0 Å². The minimum absolute atomic E-state index is 0.589. The lowest BCUT2D eigenvalue weighted by molar-refractivity contribution is 0.745. The van der Waals surface area contributed by atoms with Crippen LogP contribution in [0.1, 0.15) is 24.4 Å². The number of pyridine rings is 1. The average molecular weight is 205 g/mol. The van der Waals surface area contributed by atoms with Gasteiger partial charge in [-0.1, -0.05) is 0 Å². The van der Waals surface area contributed by atoms with E-state index in [9.17, 15) is 0 Å². The summed E-state index contributed by atoms with van der Waals surface area (Å²) in [5, 5.41) is 0.